The minimum atomic E-state index is -3.91. The summed E-state index contributed by atoms with van der Waals surface area (Å²) in [6.07, 6.45) is 0.486. The zero-order valence-electron chi connectivity index (χ0n) is 18.9. The fraction of sp³-hybridized carbons (Fsp3) is 0.240. The van der Waals surface area contributed by atoms with Gasteiger partial charge in [0.2, 0.25) is 10.0 Å². The molecule has 34 heavy (non-hydrogen) atoms. The third kappa shape index (κ3) is 5.26. The first-order valence-electron chi connectivity index (χ1n) is 10.7. The summed E-state index contributed by atoms with van der Waals surface area (Å²) in [5.41, 5.74) is 7.67. The van der Waals surface area contributed by atoms with E-state index in [4.69, 9.17) is 34.8 Å². The number of rotatable bonds is 6. The van der Waals surface area contributed by atoms with E-state index in [2.05, 4.69) is 15.2 Å². The highest BCUT2D eigenvalue weighted by molar-refractivity contribution is 7.89. The second kappa shape index (κ2) is 9.88. The molecule has 178 valence electrons. The largest absolute Gasteiger partial charge is 0.302 e. The maximum atomic E-state index is 13.6. The molecule has 0 aromatic heterocycles. The Labute approximate surface area is 215 Å². The van der Waals surface area contributed by atoms with Gasteiger partial charge in [-0.2, -0.15) is 9.82 Å². The maximum absolute atomic E-state index is 13.6. The molecule has 4 rings (SSSR count). The molecular formula is C25H24Cl3N3O2S. The van der Waals surface area contributed by atoms with Gasteiger partial charge in [0, 0.05) is 21.5 Å². The summed E-state index contributed by atoms with van der Waals surface area (Å²) in [6.45, 7) is 5.53. The van der Waals surface area contributed by atoms with Crippen LogP contribution in [0.15, 0.2) is 64.6 Å². The summed E-state index contributed by atoms with van der Waals surface area (Å²) < 4.78 is 30.1. The van der Waals surface area contributed by atoms with Gasteiger partial charge in [0.25, 0.3) is 0 Å². The molecule has 0 aliphatic carbocycles. The second-order valence-electron chi connectivity index (χ2n) is 8.49. The van der Waals surface area contributed by atoms with Gasteiger partial charge < -0.3 is 5.43 Å². The van der Waals surface area contributed by atoms with Crippen LogP contribution in [0.5, 0.6) is 0 Å². The molecule has 0 bridgehead atoms. The number of hydrazone groups is 1. The Morgan fingerprint density at radius 2 is 1.56 bits per heavy atom. The summed E-state index contributed by atoms with van der Waals surface area (Å²) in [7, 11) is -3.91. The van der Waals surface area contributed by atoms with Crippen molar-refractivity contribution in [3.05, 3.63) is 97.5 Å². The number of hydrogen-bond acceptors (Lipinski definition) is 4. The van der Waals surface area contributed by atoms with Crippen LogP contribution in [0.4, 0.5) is 0 Å². The normalized spacial score (nSPS) is 16.8. The first-order valence-corrected chi connectivity index (χ1v) is 13.3. The molecule has 1 aliphatic heterocycles. The third-order valence-electron chi connectivity index (χ3n) is 5.80. The molecule has 0 amide bonds. The number of sulfonamides is 1. The van der Waals surface area contributed by atoms with Gasteiger partial charge >= 0.3 is 0 Å². The van der Waals surface area contributed by atoms with Crippen LogP contribution in [0, 0.1) is 20.8 Å². The van der Waals surface area contributed by atoms with E-state index in [9.17, 15) is 8.42 Å². The lowest BCUT2D eigenvalue weighted by Gasteiger charge is -2.22. The van der Waals surface area contributed by atoms with Crippen LogP contribution < -0.4 is 10.1 Å². The van der Waals surface area contributed by atoms with E-state index in [-0.39, 0.29) is 10.9 Å². The van der Waals surface area contributed by atoms with Gasteiger partial charge in [-0.05, 0) is 67.3 Å². The average molecular weight is 537 g/mol. The van der Waals surface area contributed by atoms with Gasteiger partial charge in [-0.15, -0.1) is 0 Å². The maximum Gasteiger partial charge on any atom is 0.242 e. The van der Waals surface area contributed by atoms with E-state index in [1.54, 1.807) is 32.0 Å². The molecule has 1 aliphatic rings. The number of benzene rings is 3. The van der Waals surface area contributed by atoms with Gasteiger partial charge in [-0.1, -0.05) is 70.7 Å². The lowest BCUT2D eigenvalue weighted by molar-refractivity contribution is 0.575. The molecule has 9 heteroatoms. The fourth-order valence-electron chi connectivity index (χ4n) is 4.38. The second-order valence-corrected chi connectivity index (χ2v) is 11.4. The van der Waals surface area contributed by atoms with Crippen LogP contribution in [0.3, 0.4) is 0 Å². The van der Waals surface area contributed by atoms with Crippen LogP contribution in [0.25, 0.3) is 0 Å². The Morgan fingerprint density at radius 3 is 2.18 bits per heavy atom. The third-order valence-corrected chi connectivity index (χ3v) is 8.34. The predicted molar refractivity (Wildman–Crippen MR) is 140 cm³/mol. The summed E-state index contributed by atoms with van der Waals surface area (Å²) in [5, 5.41) is 5.97. The van der Waals surface area contributed by atoms with Crippen molar-refractivity contribution in [2.24, 2.45) is 5.10 Å². The Bertz CT molecular complexity index is 1350. The molecule has 3 aromatic rings. The topological polar surface area (TPSA) is 70.6 Å². The predicted octanol–water partition coefficient (Wildman–Crippen LogP) is 6.68. The van der Waals surface area contributed by atoms with E-state index in [0.717, 1.165) is 11.1 Å². The number of nitrogens with one attached hydrogen (secondary N) is 2. The zero-order chi connectivity index (χ0) is 24.6. The number of hydrogen-bond donors (Lipinski definition) is 2. The molecule has 0 saturated carbocycles. The van der Waals surface area contributed by atoms with Gasteiger partial charge in [0.05, 0.1) is 22.7 Å². The SMILES string of the molecule is Cc1cc(C)c(S(=O)(=O)NC(C2=NNC(c3ccc(Cl)cc3)C2)c2ccc(Cl)cc2Cl)c(C)c1. The molecule has 0 fully saturated rings. The van der Waals surface area contributed by atoms with Crippen LogP contribution in [0.1, 0.15) is 46.3 Å². The highest BCUT2D eigenvalue weighted by Crippen LogP contribution is 2.34. The monoisotopic (exact) mass is 535 g/mol. The van der Waals surface area contributed by atoms with Crippen molar-refractivity contribution in [3.8, 4) is 0 Å². The van der Waals surface area contributed by atoms with Crippen molar-refractivity contribution in [2.75, 3.05) is 0 Å². The molecule has 2 unspecified atom stereocenters. The minimum Gasteiger partial charge on any atom is -0.302 e. The van der Waals surface area contributed by atoms with Crippen LogP contribution in [0.2, 0.25) is 15.1 Å². The van der Waals surface area contributed by atoms with Crippen LogP contribution in [-0.2, 0) is 10.0 Å². The van der Waals surface area contributed by atoms with Crippen LogP contribution in [-0.4, -0.2) is 14.1 Å². The van der Waals surface area contributed by atoms with E-state index in [1.807, 2.05) is 43.3 Å². The highest BCUT2D eigenvalue weighted by atomic mass is 35.5. The molecule has 0 spiro atoms. The Hall–Kier alpha value is -2.09. The van der Waals surface area contributed by atoms with Crippen molar-refractivity contribution in [1.82, 2.24) is 10.1 Å². The fourth-order valence-corrected chi connectivity index (χ4v) is 6.68. The van der Waals surface area contributed by atoms with E-state index in [0.29, 0.717) is 43.9 Å². The highest BCUT2D eigenvalue weighted by Gasteiger charge is 2.33. The molecule has 1 heterocycles. The molecule has 5 nitrogen and oxygen atoms in total. The Balaban J connectivity index is 1.72. The molecule has 0 radical (unpaired) electrons. The van der Waals surface area contributed by atoms with E-state index in [1.165, 1.54) is 0 Å². The number of aryl methyl sites for hydroxylation is 3. The zero-order valence-corrected chi connectivity index (χ0v) is 21.9. The molecule has 0 saturated heterocycles. The first-order chi connectivity index (χ1) is 16.0. The van der Waals surface area contributed by atoms with E-state index >= 15 is 0 Å². The van der Waals surface area contributed by atoms with Crippen molar-refractivity contribution in [3.63, 3.8) is 0 Å². The van der Waals surface area contributed by atoms with Crippen molar-refractivity contribution >= 4 is 50.5 Å². The molecular weight excluding hydrogens is 513 g/mol. The molecule has 2 atom stereocenters. The number of halogens is 3. The van der Waals surface area contributed by atoms with Crippen molar-refractivity contribution in [1.29, 1.82) is 0 Å². The van der Waals surface area contributed by atoms with Gasteiger partial charge in [-0.25, -0.2) is 8.42 Å². The average Bonchev–Trinajstić information content (AvgIpc) is 3.22. The summed E-state index contributed by atoms with van der Waals surface area (Å²) in [6, 6.07) is 15.3. The van der Waals surface area contributed by atoms with E-state index < -0.39 is 16.1 Å². The summed E-state index contributed by atoms with van der Waals surface area (Å²) in [5.74, 6) is 0. The van der Waals surface area contributed by atoms with Gasteiger partial charge in [0.15, 0.2) is 0 Å². The Kier molecular flexibility index (Phi) is 7.27. The quantitative estimate of drug-likeness (QED) is 0.369. The standard InChI is InChI=1S/C25H24Cl3N3O2S/c1-14-10-15(2)25(16(3)11-14)34(32,33)31-24(20-9-8-19(27)12-21(20)28)23-13-22(29-30-23)17-4-6-18(26)7-5-17/h4-12,22,24,29,31H,13H2,1-3H3. The smallest absolute Gasteiger partial charge is 0.242 e. The molecule has 3 aromatic carbocycles. The minimum absolute atomic E-state index is 0.117. The Morgan fingerprint density at radius 1 is 0.941 bits per heavy atom. The molecule has 2 N–H and O–H groups in total. The lowest BCUT2D eigenvalue weighted by Crippen LogP contribution is -2.34. The first kappa shape index (κ1) is 25.0. The van der Waals surface area contributed by atoms with Crippen molar-refractivity contribution < 1.29 is 8.42 Å². The van der Waals surface area contributed by atoms with Crippen molar-refractivity contribution in [2.45, 2.75) is 44.2 Å². The van der Waals surface area contributed by atoms with Crippen LogP contribution >= 0.6 is 34.8 Å². The number of nitrogens with zero attached hydrogens (tertiary/aromatic N) is 1. The van der Waals surface area contributed by atoms with Gasteiger partial charge in [0.1, 0.15) is 0 Å². The lowest BCUT2D eigenvalue weighted by atomic mass is 9.96. The summed E-state index contributed by atoms with van der Waals surface area (Å²) >= 11 is 18.7. The summed E-state index contributed by atoms with van der Waals surface area (Å²) in [4.78, 5) is 0.258. The van der Waals surface area contributed by atoms with Gasteiger partial charge in [-0.3, -0.25) is 0 Å².